The number of rotatable bonds is 3. The van der Waals surface area contributed by atoms with Gasteiger partial charge in [0.2, 0.25) is 0 Å². The standard InChI is InChI=1S/C12H10N2O2S/c1-2-16-12(15)9(7-13)11-8-5-3-4-6-10(8)17-14-11/h3-6,9H,2H2,1H3. The van der Waals surface area contributed by atoms with E-state index >= 15 is 0 Å². The zero-order valence-electron chi connectivity index (χ0n) is 9.21. The summed E-state index contributed by atoms with van der Waals surface area (Å²) >= 11 is 1.28. The van der Waals surface area contributed by atoms with Crippen LogP contribution in [-0.2, 0) is 9.53 Å². The molecule has 2 rings (SSSR count). The molecule has 1 unspecified atom stereocenters. The molecule has 1 heterocycles. The number of esters is 1. The lowest BCUT2D eigenvalue weighted by Crippen LogP contribution is -2.14. The highest BCUT2D eigenvalue weighted by molar-refractivity contribution is 7.13. The predicted octanol–water partition coefficient (Wildman–Crippen LogP) is 2.47. The van der Waals surface area contributed by atoms with Gasteiger partial charge in [-0.1, -0.05) is 18.2 Å². The van der Waals surface area contributed by atoms with Crippen molar-refractivity contribution < 1.29 is 9.53 Å². The Hall–Kier alpha value is -1.93. The smallest absolute Gasteiger partial charge is 0.329 e. The molecule has 0 aliphatic heterocycles. The predicted molar refractivity (Wildman–Crippen MR) is 64.6 cm³/mol. The second-order valence-corrected chi connectivity index (χ2v) is 4.18. The summed E-state index contributed by atoms with van der Waals surface area (Å²) in [6.45, 7) is 1.98. The number of benzene rings is 1. The Kier molecular flexibility index (Phi) is 3.35. The Bertz CT molecular complexity index is 585. The fraction of sp³-hybridized carbons (Fsp3) is 0.250. The van der Waals surface area contributed by atoms with Crippen molar-refractivity contribution in [2.45, 2.75) is 12.8 Å². The Morgan fingerprint density at radius 3 is 3.06 bits per heavy atom. The molecule has 0 aliphatic carbocycles. The van der Waals surface area contributed by atoms with Gasteiger partial charge >= 0.3 is 5.97 Å². The zero-order chi connectivity index (χ0) is 12.3. The van der Waals surface area contributed by atoms with Crippen LogP contribution in [0.25, 0.3) is 10.1 Å². The molecule has 17 heavy (non-hydrogen) atoms. The average Bonchev–Trinajstić information content (AvgIpc) is 2.75. The van der Waals surface area contributed by atoms with Crippen LogP contribution in [0, 0.1) is 11.3 Å². The van der Waals surface area contributed by atoms with Crippen LogP contribution in [-0.4, -0.2) is 16.9 Å². The van der Waals surface area contributed by atoms with Crippen molar-refractivity contribution in [3.05, 3.63) is 30.0 Å². The molecule has 2 aromatic rings. The highest BCUT2D eigenvalue weighted by atomic mass is 32.1. The van der Waals surface area contributed by atoms with Crippen LogP contribution in [0.4, 0.5) is 0 Å². The van der Waals surface area contributed by atoms with E-state index in [-0.39, 0.29) is 6.61 Å². The number of carbonyl (C=O) groups is 1. The van der Waals surface area contributed by atoms with E-state index in [1.807, 2.05) is 30.3 Å². The van der Waals surface area contributed by atoms with E-state index in [4.69, 9.17) is 10.00 Å². The minimum atomic E-state index is -0.939. The maximum absolute atomic E-state index is 11.6. The van der Waals surface area contributed by atoms with E-state index in [2.05, 4.69) is 4.37 Å². The van der Waals surface area contributed by atoms with Gasteiger partial charge in [-0.05, 0) is 24.5 Å². The Labute approximate surface area is 103 Å². The first-order valence-electron chi connectivity index (χ1n) is 5.18. The van der Waals surface area contributed by atoms with Crippen molar-refractivity contribution >= 4 is 27.6 Å². The van der Waals surface area contributed by atoms with Gasteiger partial charge in [0.05, 0.1) is 23.1 Å². The number of ether oxygens (including phenoxy) is 1. The van der Waals surface area contributed by atoms with Crippen LogP contribution in [0.5, 0.6) is 0 Å². The van der Waals surface area contributed by atoms with Crippen LogP contribution >= 0.6 is 11.5 Å². The molecular formula is C12H10N2O2S. The summed E-state index contributed by atoms with van der Waals surface area (Å²) in [7, 11) is 0. The largest absolute Gasteiger partial charge is 0.465 e. The van der Waals surface area contributed by atoms with Crippen molar-refractivity contribution in [2.75, 3.05) is 6.61 Å². The van der Waals surface area contributed by atoms with Crippen LogP contribution in [0.2, 0.25) is 0 Å². The first-order chi connectivity index (χ1) is 8.27. The molecule has 86 valence electrons. The van der Waals surface area contributed by atoms with Crippen LogP contribution in [0.1, 0.15) is 18.5 Å². The minimum Gasteiger partial charge on any atom is -0.465 e. The van der Waals surface area contributed by atoms with Gasteiger partial charge in [0, 0.05) is 5.39 Å². The molecule has 0 radical (unpaired) electrons. The van der Waals surface area contributed by atoms with Crippen molar-refractivity contribution in [2.24, 2.45) is 0 Å². The van der Waals surface area contributed by atoms with E-state index in [0.29, 0.717) is 5.69 Å². The molecule has 0 fully saturated rings. The molecule has 1 atom stereocenters. The average molecular weight is 246 g/mol. The zero-order valence-corrected chi connectivity index (χ0v) is 10.0. The van der Waals surface area contributed by atoms with Crippen molar-refractivity contribution in [3.63, 3.8) is 0 Å². The lowest BCUT2D eigenvalue weighted by atomic mass is 10.0. The van der Waals surface area contributed by atoms with Crippen molar-refractivity contribution in [3.8, 4) is 6.07 Å². The van der Waals surface area contributed by atoms with Crippen LogP contribution in [0.15, 0.2) is 24.3 Å². The van der Waals surface area contributed by atoms with Gasteiger partial charge in [-0.15, -0.1) is 0 Å². The van der Waals surface area contributed by atoms with Crippen molar-refractivity contribution in [1.29, 1.82) is 5.26 Å². The number of aromatic nitrogens is 1. The molecule has 0 saturated carbocycles. The van der Waals surface area contributed by atoms with Crippen LogP contribution in [0.3, 0.4) is 0 Å². The highest BCUT2D eigenvalue weighted by Crippen LogP contribution is 2.28. The van der Waals surface area contributed by atoms with Gasteiger partial charge in [-0.2, -0.15) is 9.64 Å². The van der Waals surface area contributed by atoms with Gasteiger partial charge < -0.3 is 4.74 Å². The fourth-order valence-corrected chi connectivity index (χ4v) is 2.38. The van der Waals surface area contributed by atoms with E-state index in [1.165, 1.54) is 11.5 Å². The second kappa shape index (κ2) is 4.93. The molecule has 0 spiro atoms. The maximum Gasteiger partial charge on any atom is 0.329 e. The molecule has 0 saturated heterocycles. The molecule has 5 heteroatoms. The second-order valence-electron chi connectivity index (χ2n) is 3.38. The lowest BCUT2D eigenvalue weighted by molar-refractivity contribution is -0.143. The first kappa shape index (κ1) is 11.6. The molecule has 0 bridgehead atoms. The van der Waals surface area contributed by atoms with Gasteiger partial charge in [0.1, 0.15) is 0 Å². The van der Waals surface area contributed by atoms with Gasteiger partial charge in [0.25, 0.3) is 0 Å². The Balaban J connectivity index is 2.44. The number of carbonyl (C=O) groups excluding carboxylic acids is 1. The topological polar surface area (TPSA) is 63.0 Å². The van der Waals surface area contributed by atoms with E-state index in [0.717, 1.165) is 10.1 Å². The maximum atomic E-state index is 11.6. The van der Waals surface area contributed by atoms with E-state index in [9.17, 15) is 4.79 Å². The molecule has 1 aromatic heterocycles. The summed E-state index contributed by atoms with van der Waals surface area (Å²) in [4.78, 5) is 11.6. The summed E-state index contributed by atoms with van der Waals surface area (Å²) in [5.41, 5.74) is 0.492. The Morgan fingerprint density at radius 2 is 2.35 bits per heavy atom. The molecule has 0 aliphatic rings. The first-order valence-corrected chi connectivity index (χ1v) is 5.95. The monoisotopic (exact) mass is 246 g/mol. The molecule has 0 amide bonds. The third-order valence-electron chi connectivity index (χ3n) is 2.33. The summed E-state index contributed by atoms with van der Waals surface area (Å²) in [5, 5.41) is 9.91. The molecule has 4 nitrogen and oxygen atoms in total. The molecule has 1 aromatic carbocycles. The van der Waals surface area contributed by atoms with Gasteiger partial charge in [-0.25, -0.2) is 0 Å². The third-order valence-corrected chi connectivity index (χ3v) is 3.17. The lowest BCUT2D eigenvalue weighted by Gasteiger charge is -2.05. The normalized spacial score (nSPS) is 12.0. The fourth-order valence-electron chi connectivity index (χ4n) is 1.56. The number of nitrogens with zero attached hydrogens (tertiary/aromatic N) is 2. The number of hydrogen-bond acceptors (Lipinski definition) is 5. The Morgan fingerprint density at radius 1 is 1.59 bits per heavy atom. The summed E-state index contributed by atoms with van der Waals surface area (Å²) < 4.78 is 10.0. The minimum absolute atomic E-state index is 0.263. The number of hydrogen-bond donors (Lipinski definition) is 0. The summed E-state index contributed by atoms with van der Waals surface area (Å²) in [6, 6.07) is 9.48. The number of nitriles is 1. The molecule has 0 N–H and O–H groups in total. The van der Waals surface area contributed by atoms with Crippen molar-refractivity contribution in [1.82, 2.24) is 4.37 Å². The highest BCUT2D eigenvalue weighted by Gasteiger charge is 2.26. The van der Waals surface area contributed by atoms with Gasteiger partial charge in [0.15, 0.2) is 5.92 Å². The summed E-state index contributed by atoms with van der Waals surface area (Å²) in [5.74, 6) is -1.47. The van der Waals surface area contributed by atoms with E-state index < -0.39 is 11.9 Å². The van der Waals surface area contributed by atoms with Crippen LogP contribution < -0.4 is 0 Å². The number of fused-ring (bicyclic) bond motifs is 1. The molecular weight excluding hydrogens is 236 g/mol. The van der Waals surface area contributed by atoms with E-state index in [1.54, 1.807) is 6.92 Å². The summed E-state index contributed by atoms with van der Waals surface area (Å²) in [6.07, 6.45) is 0. The quantitative estimate of drug-likeness (QED) is 0.780. The van der Waals surface area contributed by atoms with Gasteiger partial charge in [-0.3, -0.25) is 4.79 Å². The SMILES string of the molecule is CCOC(=O)C(C#N)c1nsc2ccccc12. The third kappa shape index (κ3) is 2.12.